The van der Waals surface area contributed by atoms with Crippen LogP contribution in [0.2, 0.25) is 0 Å². The quantitative estimate of drug-likeness (QED) is 0.629. The van der Waals surface area contributed by atoms with Crippen molar-refractivity contribution in [3.8, 4) is 17.2 Å². The number of nitrogens with zero attached hydrogens (tertiary/aromatic N) is 2. The number of carbonyl (C=O) groups is 1. The smallest absolute Gasteiger partial charge is 0.274 e. The Balaban J connectivity index is 1.83. The van der Waals surface area contributed by atoms with Gasteiger partial charge in [0.25, 0.3) is 5.91 Å². The Hall–Kier alpha value is -3.81. The number of aryl methyl sites for hydroxylation is 1. The van der Waals surface area contributed by atoms with Gasteiger partial charge in [-0.25, -0.2) is 9.97 Å². The number of ether oxygens (including phenoxy) is 3. The first-order valence-electron chi connectivity index (χ1n) is 8.81. The van der Waals surface area contributed by atoms with Crippen LogP contribution >= 0.6 is 0 Å². The van der Waals surface area contributed by atoms with E-state index in [0.717, 1.165) is 11.3 Å². The van der Waals surface area contributed by atoms with Gasteiger partial charge in [0.15, 0.2) is 0 Å². The summed E-state index contributed by atoms with van der Waals surface area (Å²) in [5, 5.41) is 5.95. The zero-order valence-electron chi connectivity index (χ0n) is 16.6. The summed E-state index contributed by atoms with van der Waals surface area (Å²) in [6, 6.07) is 12.4. The van der Waals surface area contributed by atoms with E-state index >= 15 is 0 Å². The fourth-order valence-electron chi connectivity index (χ4n) is 2.71. The van der Waals surface area contributed by atoms with Gasteiger partial charge in [0.2, 0.25) is 0 Å². The predicted molar refractivity (Wildman–Crippen MR) is 111 cm³/mol. The molecule has 0 saturated carbocycles. The van der Waals surface area contributed by atoms with E-state index in [1.807, 2.05) is 25.1 Å². The summed E-state index contributed by atoms with van der Waals surface area (Å²) in [6.45, 7) is 1.98. The van der Waals surface area contributed by atoms with Crippen LogP contribution in [0.1, 0.15) is 16.1 Å². The highest BCUT2D eigenvalue weighted by atomic mass is 16.5. The summed E-state index contributed by atoms with van der Waals surface area (Å²) >= 11 is 0. The number of benzene rings is 2. The Morgan fingerprint density at radius 1 is 0.862 bits per heavy atom. The van der Waals surface area contributed by atoms with E-state index in [0.29, 0.717) is 28.8 Å². The topological polar surface area (TPSA) is 94.6 Å². The van der Waals surface area contributed by atoms with Gasteiger partial charge in [-0.3, -0.25) is 4.79 Å². The van der Waals surface area contributed by atoms with Gasteiger partial charge in [-0.15, -0.1) is 0 Å². The molecule has 0 aliphatic carbocycles. The molecular weight excluding hydrogens is 372 g/mol. The third kappa shape index (κ3) is 4.73. The van der Waals surface area contributed by atoms with Crippen LogP contribution in [0.15, 0.2) is 48.8 Å². The largest absolute Gasteiger partial charge is 0.497 e. The molecule has 1 amide bonds. The molecule has 0 atom stereocenters. The van der Waals surface area contributed by atoms with Crippen molar-refractivity contribution in [1.82, 2.24) is 9.97 Å². The van der Waals surface area contributed by atoms with E-state index in [1.54, 1.807) is 38.5 Å². The Morgan fingerprint density at radius 2 is 1.59 bits per heavy atom. The van der Waals surface area contributed by atoms with Crippen LogP contribution in [0.4, 0.5) is 17.2 Å². The average Bonchev–Trinajstić information content (AvgIpc) is 2.74. The van der Waals surface area contributed by atoms with Gasteiger partial charge in [0.05, 0.1) is 32.7 Å². The Morgan fingerprint density at radius 3 is 2.31 bits per heavy atom. The van der Waals surface area contributed by atoms with Gasteiger partial charge < -0.3 is 24.8 Å². The monoisotopic (exact) mass is 394 g/mol. The molecule has 0 fully saturated rings. The molecule has 0 aliphatic rings. The highest BCUT2D eigenvalue weighted by Gasteiger charge is 2.14. The highest BCUT2D eigenvalue weighted by molar-refractivity contribution is 6.04. The Labute approximate surface area is 168 Å². The molecule has 1 aromatic heterocycles. The maximum Gasteiger partial charge on any atom is 0.274 e. The summed E-state index contributed by atoms with van der Waals surface area (Å²) in [7, 11) is 4.67. The molecule has 0 unspecified atom stereocenters. The number of hydrogen-bond acceptors (Lipinski definition) is 7. The van der Waals surface area contributed by atoms with Crippen LogP contribution in [0.25, 0.3) is 0 Å². The first-order chi connectivity index (χ1) is 14.0. The first kappa shape index (κ1) is 19.9. The number of hydrogen-bond donors (Lipinski definition) is 2. The van der Waals surface area contributed by atoms with E-state index < -0.39 is 5.91 Å². The lowest BCUT2D eigenvalue weighted by Gasteiger charge is -2.13. The van der Waals surface area contributed by atoms with Crippen molar-refractivity contribution in [2.75, 3.05) is 32.0 Å². The predicted octanol–water partition coefficient (Wildman–Crippen LogP) is 3.81. The summed E-state index contributed by atoms with van der Waals surface area (Å²) in [6.07, 6.45) is 1.32. The van der Waals surface area contributed by atoms with E-state index in [2.05, 4.69) is 20.6 Å². The third-order valence-corrected chi connectivity index (χ3v) is 4.17. The zero-order chi connectivity index (χ0) is 20.8. The van der Waals surface area contributed by atoms with Crippen molar-refractivity contribution in [2.24, 2.45) is 0 Å². The fraction of sp³-hybridized carbons (Fsp3) is 0.190. The van der Waals surface area contributed by atoms with Crippen molar-refractivity contribution < 1.29 is 19.0 Å². The first-order valence-corrected chi connectivity index (χ1v) is 8.81. The zero-order valence-corrected chi connectivity index (χ0v) is 16.6. The van der Waals surface area contributed by atoms with Gasteiger partial charge in [0.1, 0.15) is 35.1 Å². The minimum Gasteiger partial charge on any atom is -0.497 e. The molecule has 0 aliphatic heterocycles. The Kier molecular flexibility index (Phi) is 6.13. The summed E-state index contributed by atoms with van der Waals surface area (Å²) in [5.41, 5.74) is 2.47. The number of carbonyl (C=O) groups excluding carboxylic acids is 1. The highest BCUT2D eigenvalue weighted by Crippen LogP contribution is 2.30. The maximum absolute atomic E-state index is 12.7. The van der Waals surface area contributed by atoms with Crippen LogP contribution in [-0.2, 0) is 0 Å². The van der Waals surface area contributed by atoms with Crippen molar-refractivity contribution >= 4 is 23.1 Å². The molecule has 8 nitrogen and oxygen atoms in total. The SMILES string of the molecule is COc1ccc(OC)c(NC(=O)c2cc(Nc3cc(C)ccc3OC)ncn2)c1. The van der Waals surface area contributed by atoms with Gasteiger partial charge in [-0.1, -0.05) is 6.07 Å². The molecule has 0 bridgehead atoms. The molecule has 0 saturated heterocycles. The molecule has 3 aromatic rings. The second-order valence-corrected chi connectivity index (χ2v) is 6.14. The molecule has 2 N–H and O–H groups in total. The number of anilines is 3. The maximum atomic E-state index is 12.7. The van der Waals surface area contributed by atoms with Crippen LogP contribution in [0.3, 0.4) is 0 Å². The van der Waals surface area contributed by atoms with E-state index in [1.165, 1.54) is 13.4 Å². The lowest BCUT2D eigenvalue weighted by molar-refractivity contribution is 0.102. The minimum atomic E-state index is -0.404. The summed E-state index contributed by atoms with van der Waals surface area (Å²) in [4.78, 5) is 21.0. The molecule has 150 valence electrons. The molecule has 0 radical (unpaired) electrons. The Bertz CT molecular complexity index is 1020. The van der Waals surface area contributed by atoms with Crippen molar-refractivity contribution in [1.29, 1.82) is 0 Å². The summed E-state index contributed by atoms with van der Waals surface area (Å²) < 4.78 is 15.9. The number of aromatic nitrogens is 2. The van der Waals surface area contributed by atoms with Gasteiger partial charge in [-0.05, 0) is 36.8 Å². The molecule has 0 spiro atoms. The van der Waals surface area contributed by atoms with Crippen molar-refractivity contribution in [3.63, 3.8) is 0 Å². The van der Waals surface area contributed by atoms with Crippen molar-refractivity contribution in [3.05, 3.63) is 60.0 Å². The molecule has 3 rings (SSSR count). The number of rotatable bonds is 7. The average molecular weight is 394 g/mol. The number of methoxy groups -OCH3 is 3. The lowest BCUT2D eigenvalue weighted by Crippen LogP contribution is -2.15. The molecule has 8 heteroatoms. The lowest BCUT2D eigenvalue weighted by atomic mass is 10.2. The number of amides is 1. The van der Waals surface area contributed by atoms with Crippen LogP contribution < -0.4 is 24.8 Å². The van der Waals surface area contributed by atoms with E-state index in [9.17, 15) is 4.79 Å². The van der Waals surface area contributed by atoms with Crippen LogP contribution in [0.5, 0.6) is 17.2 Å². The minimum absolute atomic E-state index is 0.194. The standard InChI is InChI=1S/C21H22N4O4/c1-13-5-7-18(28-3)15(9-13)24-20-11-17(22-12-23-20)21(26)25-16-10-14(27-2)6-8-19(16)29-4/h5-12H,1-4H3,(H,25,26)(H,22,23,24). The van der Waals surface area contributed by atoms with Gasteiger partial charge >= 0.3 is 0 Å². The molecular formula is C21H22N4O4. The van der Waals surface area contributed by atoms with Crippen LogP contribution in [-0.4, -0.2) is 37.2 Å². The second-order valence-electron chi connectivity index (χ2n) is 6.14. The molecule has 1 heterocycles. The van der Waals surface area contributed by atoms with E-state index in [-0.39, 0.29) is 5.69 Å². The van der Waals surface area contributed by atoms with Crippen LogP contribution in [0, 0.1) is 6.92 Å². The van der Waals surface area contributed by atoms with E-state index in [4.69, 9.17) is 14.2 Å². The molecule has 2 aromatic carbocycles. The van der Waals surface area contributed by atoms with Gasteiger partial charge in [0, 0.05) is 12.1 Å². The normalized spacial score (nSPS) is 10.2. The van der Waals surface area contributed by atoms with Gasteiger partial charge in [-0.2, -0.15) is 0 Å². The fourth-order valence-corrected chi connectivity index (χ4v) is 2.71. The van der Waals surface area contributed by atoms with Crippen molar-refractivity contribution in [2.45, 2.75) is 6.92 Å². The summed E-state index contributed by atoms with van der Waals surface area (Å²) in [5.74, 6) is 1.83. The number of nitrogens with one attached hydrogen (secondary N) is 2. The third-order valence-electron chi connectivity index (χ3n) is 4.17. The molecule has 29 heavy (non-hydrogen) atoms. The second kappa shape index (κ2) is 8.92.